The van der Waals surface area contributed by atoms with Crippen LogP contribution in [0.4, 0.5) is 26.3 Å². The van der Waals surface area contributed by atoms with Crippen molar-refractivity contribution in [3.8, 4) is 0 Å². The van der Waals surface area contributed by atoms with E-state index in [4.69, 9.17) is 4.55 Å². The molecule has 1 N–H and O–H groups in total. The fourth-order valence-electron chi connectivity index (χ4n) is 9.08. The summed E-state index contributed by atoms with van der Waals surface area (Å²) in [5.41, 5.74) is -5.25. The van der Waals surface area contributed by atoms with Crippen LogP contribution in [0.15, 0.2) is 12.2 Å². The van der Waals surface area contributed by atoms with Gasteiger partial charge in [-0.25, -0.2) is 0 Å². The summed E-state index contributed by atoms with van der Waals surface area (Å²) in [6.07, 6.45) is -10.00. The molecule has 0 amide bonds. The first-order valence-electron chi connectivity index (χ1n) is 14.5. The molecule has 8 atom stereocenters. The minimum atomic E-state index is -6.38. The Hall–Kier alpha value is -1.96. The van der Waals surface area contributed by atoms with Gasteiger partial charge < -0.3 is 4.74 Å². The fraction of sp³-hybridized carbons (Fsp3) is 0.828. The molecule has 4 fully saturated rings. The largest absolute Gasteiger partial charge is 0.438 e. The molecule has 4 saturated carbocycles. The molecule has 0 aromatic rings. The van der Waals surface area contributed by atoms with Gasteiger partial charge in [-0.2, -0.15) is 34.8 Å². The van der Waals surface area contributed by atoms with Crippen molar-refractivity contribution in [2.45, 2.75) is 96.5 Å². The predicted octanol–water partition coefficient (Wildman–Crippen LogP) is 6.27. The Kier molecular flexibility index (Phi) is 8.55. The van der Waals surface area contributed by atoms with E-state index < -0.39 is 57.5 Å². The first kappa shape index (κ1) is 33.9. The van der Waals surface area contributed by atoms with Crippen LogP contribution >= 0.6 is 0 Å². The zero-order valence-electron chi connectivity index (χ0n) is 24.3. The number of ether oxygens (including phenoxy) is 1. The number of hydrogen-bond donors (Lipinski definition) is 1. The van der Waals surface area contributed by atoms with Gasteiger partial charge in [-0.15, -0.1) is 0 Å². The lowest BCUT2D eigenvalue weighted by Crippen LogP contribution is -2.63. The minimum Gasteiger partial charge on any atom is -0.438 e. The van der Waals surface area contributed by atoms with E-state index in [0.29, 0.717) is 44.9 Å². The van der Waals surface area contributed by atoms with Crippen LogP contribution < -0.4 is 0 Å². The molecule has 244 valence electrons. The summed E-state index contributed by atoms with van der Waals surface area (Å²) in [5.74, 6) is -5.38. The van der Waals surface area contributed by atoms with E-state index in [2.05, 4.69) is 18.2 Å². The van der Waals surface area contributed by atoms with Gasteiger partial charge in [0.15, 0.2) is 0 Å². The number of carbonyl (C=O) groups excluding carboxylic acids is 3. The zero-order chi connectivity index (χ0) is 32.6. The molecule has 0 aromatic heterocycles. The number of hydrogen-bond acceptors (Lipinski definition) is 6. The topological polar surface area (TPSA) is 115 Å². The van der Waals surface area contributed by atoms with Gasteiger partial charge in [-0.05, 0) is 72.5 Å². The van der Waals surface area contributed by atoms with Gasteiger partial charge in [0.1, 0.15) is 17.3 Å². The SMILES string of the molecule is C=C1CC2C(C(=O)CC3CC(=O)CCC32C)C2CCC(C(C)CCC(=O)OC(CS(=O)(=O)O)(C(F)(F)F)C(F)(F)F)C12C. The van der Waals surface area contributed by atoms with E-state index in [0.717, 1.165) is 5.57 Å². The second-order valence-corrected chi connectivity index (χ2v) is 15.1. The van der Waals surface area contributed by atoms with Crippen LogP contribution in [-0.2, 0) is 29.2 Å². The molecule has 0 bridgehead atoms. The highest BCUT2D eigenvalue weighted by Gasteiger charge is 2.76. The summed E-state index contributed by atoms with van der Waals surface area (Å²) in [6, 6.07) is 0. The Bertz CT molecular complexity index is 1280. The highest BCUT2D eigenvalue weighted by atomic mass is 32.2. The summed E-state index contributed by atoms with van der Waals surface area (Å²) < 4.78 is 116. The number of allylic oxidation sites excluding steroid dienone is 1. The molecule has 4 aliphatic carbocycles. The molecule has 8 unspecified atom stereocenters. The number of halogens is 6. The Balaban J connectivity index is 1.51. The van der Waals surface area contributed by atoms with Gasteiger partial charge in [0.25, 0.3) is 10.1 Å². The summed E-state index contributed by atoms with van der Waals surface area (Å²) in [7, 11) is -5.87. The standard InChI is InChI=1S/C29H38F6O7S/c1-15(5-8-23(38)42-27(28(30,31)32,29(33,34)35)14-43(39,40)41)19-6-7-20-24-21(11-16(2)26(19,20)4)25(3)10-9-18(36)12-17(25)13-22(24)37/h15,17,19-21,24H,2,5-14H2,1,3-4H3,(H,39,40,41). The second kappa shape index (κ2) is 10.8. The number of ketones is 2. The molecular weight excluding hydrogens is 606 g/mol. The molecule has 0 saturated heterocycles. The lowest BCUT2D eigenvalue weighted by Gasteiger charge is -2.60. The molecule has 0 spiro atoms. The number of Topliss-reactive ketones (excluding diaryl/α,β-unsaturated/α-hetero) is 2. The van der Waals surface area contributed by atoms with Crippen LogP contribution in [0.25, 0.3) is 0 Å². The van der Waals surface area contributed by atoms with Crippen LogP contribution in [0.5, 0.6) is 0 Å². The molecule has 0 aliphatic heterocycles. The van der Waals surface area contributed by atoms with E-state index in [9.17, 15) is 49.1 Å². The molecule has 4 rings (SSSR count). The normalized spacial score (nSPS) is 36.0. The summed E-state index contributed by atoms with van der Waals surface area (Å²) in [6.45, 7) is 10.3. The summed E-state index contributed by atoms with van der Waals surface area (Å²) in [5, 5.41) is 0. The Morgan fingerprint density at radius 1 is 1.05 bits per heavy atom. The fourth-order valence-corrected chi connectivity index (χ4v) is 9.98. The predicted molar refractivity (Wildman–Crippen MR) is 141 cm³/mol. The Labute approximate surface area is 246 Å². The van der Waals surface area contributed by atoms with Gasteiger partial charge >= 0.3 is 23.9 Å². The lowest BCUT2D eigenvalue weighted by molar-refractivity contribution is -0.361. The Morgan fingerprint density at radius 2 is 1.65 bits per heavy atom. The summed E-state index contributed by atoms with van der Waals surface area (Å²) in [4.78, 5) is 38.2. The van der Waals surface area contributed by atoms with Crippen LogP contribution in [0.1, 0.15) is 78.6 Å². The van der Waals surface area contributed by atoms with Crippen molar-refractivity contribution in [1.82, 2.24) is 0 Å². The minimum absolute atomic E-state index is 0.0110. The van der Waals surface area contributed by atoms with Crippen molar-refractivity contribution < 1.29 is 58.4 Å². The van der Waals surface area contributed by atoms with Crippen LogP contribution in [-0.4, -0.2) is 54.2 Å². The first-order valence-corrected chi connectivity index (χ1v) is 16.1. The van der Waals surface area contributed by atoms with Crippen LogP contribution in [0, 0.1) is 46.3 Å². The second-order valence-electron chi connectivity index (χ2n) is 13.7. The van der Waals surface area contributed by atoms with Gasteiger partial charge in [0.2, 0.25) is 0 Å². The third-order valence-corrected chi connectivity index (χ3v) is 12.3. The van der Waals surface area contributed by atoms with Crippen molar-refractivity contribution >= 4 is 27.7 Å². The van der Waals surface area contributed by atoms with E-state index in [1.807, 2.05) is 6.92 Å². The highest BCUT2D eigenvalue weighted by Crippen LogP contribution is 2.68. The quantitative estimate of drug-likeness (QED) is 0.150. The highest BCUT2D eigenvalue weighted by molar-refractivity contribution is 7.85. The first-order chi connectivity index (χ1) is 19.5. The third kappa shape index (κ3) is 5.68. The maximum atomic E-state index is 13.6. The van der Waals surface area contributed by atoms with Crippen molar-refractivity contribution in [1.29, 1.82) is 0 Å². The molecule has 0 aromatic carbocycles. The monoisotopic (exact) mass is 644 g/mol. The van der Waals surface area contributed by atoms with E-state index in [1.165, 1.54) is 0 Å². The third-order valence-electron chi connectivity index (χ3n) is 11.5. The molecule has 0 heterocycles. The van der Waals surface area contributed by atoms with Crippen molar-refractivity contribution in [2.24, 2.45) is 46.3 Å². The van der Waals surface area contributed by atoms with E-state index in [1.54, 1.807) is 6.92 Å². The average molecular weight is 645 g/mol. The number of rotatable bonds is 7. The van der Waals surface area contributed by atoms with Gasteiger partial charge in [-0.3, -0.25) is 18.9 Å². The van der Waals surface area contributed by atoms with E-state index in [-0.39, 0.29) is 53.0 Å². The molecule has 7 nitrogen and oxygen atoms in total. The van der Waals surface area contributed by atoms with Crippen molar-refractivity contribution in [2.75, 3.05) is 5.75 Å². The molecule has 4 aliphatic rings. The molecule has 0 radical (unpaired) electrons. The van der Waals surface area contributed by atoms with Crippen molar-refractivity contribution in [3.63, 3.8) is 0 Å². The van der Waals surface area contributed by atoms with Gasteiger partial charge in [0.05, 0.1) is 0 Å². The molecule has 43 heavy (non-hydrogen) atoms. The van der Waals surface area contributed by atoms with Crippen molar-refractivity contribution in [3.05, 3.63) is 12.2 Å². The number of alkyl halides is 6. The maximum absolute atomic E-state index is 13.6. The average Bonchev–Trinajstić information content (AvgIpc) is 3.20. The summed E-state index contributed by atoms with van der Waals surface area (Å²) >= 11 is 0. The number of carbonyl (C=O) groups is 3. The number of esters is 1. The van der Waals surface area contributed by atoms with E-state index >= 15 is 0 Å². The van der Waals surface area contributed by atoms with Gasteiger partial charge in [-0.1, -0.05) is 32.9 Å². The maximum Gasteiger partial charge on any atom is 0.438 e. The lowest BCUT2D eigenvalue weighted by atomic mass is 9.43. The Morgan fingerprint density at radius 3 is 2.21 bits per heavy atom. The smallest absolute Gasteiger partial charge is 0.438 e. The number of fused-ring (bicyclic) bond motifs is 5. The van der Waals surface area contributed by atoms with Crippen LogP contribution in [0.3, 0.4) is 0 Å². The molecular formula is C29H38F6O7S. The molecule has 14 heteroatoms. The van der Waals surface area contributed by atoms with Gasteiger partial charge in [0, 0.05) is 31.6 Å². The zero-order valence-corrected chi connectivity index (χ0v) is 25.1. The van der Waals surface area contributed by atoms with Crippen LogP contribution in [0.2, 0.25) is 0 Å².